The fourth-order valence-electron chi connectivity index (χ4n) is 2.17. The van der Waals surface area contributed by atoms with E-state index in [0.717, 1.165) is 24.4 Å². The van der Waals surface area contributed by atoms with Gasteiger partial charge in [-0.3, -0.25) is 0 Å². The van der Waals surface area contributed by atoms with E-state index in [1.165, 1.54) is 6.07 Å². The van der Waals surface area contributed by atoms with Crippen LogP contribution < -0.4 is 5.32 Å². The van der Waals surface area contributed by atoms with Gasteiger partial charge in [0.2, 0.25) is 0 Å². The number of nitrogens with one attached hydrogen (secondary N) is 1. The molecule has 0 radical (unpaired) electrons. The minimum Gasteiger partial charge on any atom is -0.337 e. The van der Waals surface area contributed by atoms with Crippen LogP contribution in [0.25, 0.3) is 0 Å². The molecule has 0 fully saturated rings. The lowest BCUT2D eigenvalue weighted by Gasteiger charge is -2.18. The van der Waals surface area contributed by atoms with Crippen molar-refractivity contribution in [1.82, 2.24) is 14.9 Å². The zero-order valence-corrected chi connectivity index (χ0v) is 11.4. The number of benzene rings is 1. The summed E-state index contributed by atoms with van der Waals surface area (Å²) < 4.78 is 15.7. The summed E-state index contributed by atoms with van der Waals surface area (Å²) in [5.41, 5.74) is 0.721. The predicted octanol–water partition coefficient (Wildman–Crippen LogP) is 2.84. The second-order valence-electron chi connectivity index (χ2n) is 4.70. The first-order valence-electron chi connectivity index (χ1n) is 6.66. The Kier molecular flexibility index (Phi) is 4.68. The van der Waals surface area contributed by atoms with Gasteiger partial charge in [0, 0.05) is 19.4 Å². The average molecular weight is 261 g/mol. The predicted molar refractivity (Wildman–Crippen MR) is 74.3 cm³/mol. The van der Waals surface area contributed by atoms with Gasteiger partial charge in [-0.05, 0) is 31.0 Å². The molecule has 1 heterocycles. The molecule has 0 aliphatic carbocycles. The number of aryl methyl sites for hydroxylation is 1. The van der Waals surface area contributed by atoms with Gasteiger partial charge >= 0.3 is 0 Å². The maximum Gasteiger partial charge on any atom is 0.126 e. The Hall–Kier alpha value is -1.68. The van der Waals surface area contributed by atoms with E-state index in [2.05, 4.69) is 17.2 Å². The van der Waals surface area contributed by atoms with Gasteiger partial charge in [-0.1, -0.05) is 25.1 Å². The number of nitrogens with zero attached hydrogens (tertiary/aromatic N) is 2. The van der Waals surface area contributed by atoms with Gasteiger partial charge in [0.25, 0.3) is 0 Å². The normalized spacial score (nSPS) is 12.6. The Morgan fingerprint density at radius 2 is 2.16 bits per heavy atom. The molecule has 1 N–H and O–H groups in total. The lowest BCUT2D eigenvalue weighted by Crippen LogP contribution is -2.27. The van der Waals surface area contributed by atoms with Crippen LogP contribution in [0.15, 0.2) is 36.7 Å². The van der Waals surface area contributed by atoms with Crippen molar-refractivity contribution in [2.24, 2.45) is 7.05 Å². The molecule has 2 rings (SSSR count). The molecule has 0 amide bonds. The zero-order chi connectivity index (χ0) is 13.7. The van der Waals surface area contributed by atoms with Crippen molar-refractivity contribution in [2.45, 2.75) is 25.8 Å². The van der Waals surface area contributed by atoms with Crippen molar-refractivity contribution < 1.29 is 4.39 Å². The molecule has 4 heteroatoms. The molecular formula is C15H20FN3. The lowest BCUT2D eigenvalue weighted by molar-refractivity contribution is 0.481. The fraction of sp³-hybridized carbons (Fsp3) is 0.400. The summed E-state index contributed by atoms with van der Waals surface area (Å²) in [6.45, 7) is 3.01. The van der Waals surface area contributed by atoms with Crippen LogP contribution in [0.5, 0.6) is 0 Å². The van der Waals surface area contributed by atoms with Crippen LogP contribution in [0.1, 0.15) is 30.8 Å². The SMILES string of the molecule is CCCNC(Cc1ccccc1F)c1nccn1C. The third kappa shape index (κ3) is 3.41. The molecule has 19 heavy (non-hydrogen) atoms. The smallest absolute Gasteiger partial charge is 0.126 e. The minimum atomic E-state index is -0.153. The summed E-state index contributed by atoms with van der Waals surface area (Å²) in [4.78, 5) is 4.37. The number of imidazole rings is 1. The number of hydrogen-bond donors (Lipinski definition) is 1. The first-order valence-corrected chi connectivity index (χ1v) is 6.66. The fourth-order valence-corrected chi connectivity index (χ4v) is 2.17. The summed E-state index contributed by atoms with van der Waals surface area (Å²) in [6.07, 6.45) is 5.34. The second kappa shape index (κ2) is 6.48. The standard InChI is InChI=1S/C15H20FN3/c1-3-8-17-14(15-18-9-10-19(15)2)11-12-6-4-5-7-13(12)16/h4-7,9-10,14,17H,3,8,11H2,1-2H3. The van der Waals surface area contributed by atoms with E-state index in [-0.39, 0.29) is 11.9 Å². The molecule has 0 bridgehead atoms. The molecule has 1 atom stereocenters. The first kappa shape index (κ1) is 13.7. The number of rotatable bonds is 6. The highest BCUT2D eigenvalue weighted by molar-refractivity contribution is 5.20. The third-order valence-electron chi connectivity index (χ3n) is 3.19. The van der Waals surface area contributed by atoms with Crippen LogP contribution in [0.2, 0.25) is 0 Å². The van der Waals surface area contributed by atoms with E-state index >= 15 is 0 Å². The molecule has 0 aliphatic heterocycles. The molecule has 102 valence electrons. The Morgan fingerprint density at radius 1 is 1.37 bits per heavy atom. The third-order valence-corrected chi connectivity index (χ3v) is 3.19. The first-order chi connectivity index (χ1) is 9.22. The Bertz CT molecular complexity index is 522. The van der Waals surface area contributed by atoms with Crippen molar-refractivity contribution in [2.75, 3.05) is 6.54 Å². The van der Waals surface area contributed by atoms with Crippen LogP contribution in [-0.4, -0.2) is 16.1 Å². The van der Waals surface area contributed by atoms with Crippen molar-refractivity contribution in [3.8, 4) is 0 Å². The van der Waals surface area contributed by atoms with E-state index in [9.17, 15) is 4.39 Å². The highest BCUT2D eigenvalue weighted by atomic mass is 19.1. The van der Waals surface area contributed by atoms with Crippen LogP contribution in [0.4, 0.5) is 4.39 Å². The monoisotopic (exact) mass is 261 g/mol. The highest BCUT2D eigenvalue weighted by Crippen LogP contribution is 2.18. The van der Waals surface area contributed by atoms with Gasteiger partial charge in [-0.2, -0.15) is 0 Å². The summed E-state index contributed by atoms with van der Waals surface area (Å²) in [5, 5.41) is 3.44. The molecule has 1 unspecified atom stereocenters. The Labute approximate surface area is 113 Å². The van der Waals surface area contributed by atoms with Crippen LogP contribution in [-0.2, 0) is 13.5 Å². The van der Waals surface area contributed by atoms with Crippen LogP contribution >= 0.6 is 0 Å². The molecule has 0 saturated heterocycles. The van der Waals surface area contributed by atoms with Gasteiger partial charge in [-0.25, -0.2) is 9.37 Å². The summed E-state index contributed by atoms with van der Waals surface area (Å²) in [7, 11) is 1.96. The largest absolute Gasteiger partial charge is 0.337 e. The van der Waals surface area contributed by atoms with Crippen molar-refractivity contribution in [3.05, 3.63) is 53.9 Å². The average Bonchev–Trinajstić information content (AvgIpc) is 2.83. The topological polar surface area (TPSA) is 29.9 Å². The summed E-state index contributed by atoms with van der Waals surface area (Å²) >= 11 is 0. The second-order valence-corrected chi connectivity index (χ2v) is 4.70. The van der Waals surface area contributed by atoms with Crippen molar-refractivity contribution in [3.63, 3.8) is 0 Å². The molecule has 2 aromatic rings. The van der Waals surface area contributed by atoms with Crippen LogP contribution in [0.3, 0.4) is 0 Å². The van der Waals surface area contributed by atoms with Crippen LogP contribution in [0, 0.1) is 5.82 Å². The molecule has 1 aromatic heterocycles. The number of hydrogen-bond acceptors (Lipinski definition) is 2. The summed E-state index contributed by atoms with van der Waals surface area (Å²) in [5.74, 6) is 0.789. The lowest BCUT2D eigenvalue weighted by atomic mass is 10.0. The maximum absolute atomic E-state index is 13.8. The zero-order valence-electron chi connectivity index (χ0n) is 11.4. The van der Waals surface area contributed by atoms with Gasteiger partial charge in [0.1, 0.15) is 11.6 Å². The van der Waals surface area contributed by atoms with E-state index < -0.39 is 0 Å². The maximum atomic E-state index is 13.8. The van der Waals surface area contributed by atoms with E-state index in [1.807, 2.05) is 29.9 Å². The van der Waals surface area contributed by atoms with Gasteiger partial charge < -0.3 is 9.88 Å². The number of halogens is 1. The van der Waals surface area contributed by atoms with Gasteiger partial charge in [0.15, 0.2) is 0 Å². The van der Waals surface area contributed by atoms with E-state index in [0.29, 0.717) is 6.42 Å². The van der Waals surface area contributed by atoms with Crippen molar-refractivity contribution >= 4 is 0 Å². The Balaban J connectivity index is 2.19. The van der Waals surface area contributed by atoms with E-state index in [1.54, 1.807) is 12.3 Å². The Morgan fingerprint density at radius 3 is 2.79 bits per heavy atom. The molecule has 0 spiro atoms. The molecule has 1 aromatic carbocycles. The molecule has 0 aliphatic rings. The van der Waals surface area contributed by atoms with Gasteiger partial charge in [0.05, 0.1) is 6.04 Å². The molecule has 3 nitrogen and oxygen atoms in total. The molecule has 0 saturated carbocycles. The van der Waals surface area contributed by atoms with Gasteiger partial charge in [-0.15, -0.1) is 0 Å². The van der Waals surface area contributed by atoms with E-state index in [4.69, 9.17) is 0 Å². The minimum absolute atomic E-state index is 0.0387. The molecular weight excluding hydrogens is 241 g/mol. The number of aromatic nitrogens is 2. The summed E-state index contributed by atoms with van der Waals surface area (Å²) in [6, 6.07) is 6.96. The highest BCUT2D eigenvalue weighted by Gasteiger charge is 2.17. The quantitative estimate of drug-likeness (QED) is 0.866. The van der Waals surface area contributed by atoms with Crippen molar-refractivity contribution in [1.29, 1.82) is 0 Å².